The Bertz CT molecular complexity index is 610. The molecule has 17 nitrogen and oxygen atoms in total. The number of ether oxygens (including phenoxy) is 3. The second-order valence-corrected chi connectivity index (χ2v) is 7.93. The average Bonchev–Trinajstić information content (AvgIpc) is 2.86. The van der Waals surface area contributed by atoms with Crippen LogP contribution in [0.4, 0.5) is 0 Å². The minimum absolute atomic E-state index is 0.0258. The summed E-state index contributed by atoms with van der Waals surface area (Å²) in [7, 11) is 0. The number of aliphatic hydroxyl groups is 13. The van der Waals surface area contributed by atoms with Gasteiger partial charge < -0.3 is 85.4 Å². The van der Waals surface area contributed by atoms with Gasteiger partial charge in [-0.15, -0.1) is 0 Å². The maximum atomic E-state index is 9.90. The second-order valence-electron chi connectivity index (χ2n) is 7.93. The molecule has 2 heterocycles. The van der Waals surface area contributed by atoms with E-state index in [4.69, 9.17) is 44.8 Å². The van der Waals surface area contributed by atoms with E-state index >= 15 is 0 Å². The molecule has 2 saturated heterocycles. The minimum Gasteiger partial charge on any atom is -0.394 e. The summed E-state index contributed by atoms with van der Waals surface area (Å²) >= 11 is 0. The van der Waals surface area contributed by atoms with Crippen molar-refractivity contribution in [1.29, 1.82) is 0 Å². The van der Waals surface area contributed by atoms with E-state index in [0.717, 1.165) is 0 Å². The number of rotatable bonds is 9. The molecule has 0 aromatic carbocycles. The summed E-state index contributed by atoms with van der Waals surface area (Å²) in [6.45, 7) is -1.86. The lowest BCUT2D eigenvalue weighted by Crippen LogP contribution is -2.61. The molecular weight excluding hydrogens is 488 g/mol. The third-order valence-electron chi connectivity index (χ3n) is 5.38. The molecule has 17 heteroatoms. The monoisotopic (exact) mass is 522 g/mol. The van der Waals surface area contributed by atoms with E-state index in [2.05, 4.69) is 0 Å². The predicted octanol–water partition coefficient (Wildman–Crippen LogP) is -8.78. The zero-order valence-electron chi connectivity index (χ0n) is 18.2. The van der Waals surface area contributed by atoms with Gasteiger partial charge in [-0.25, -0.2) is 0 Å². The summed E-state index contributed by atoms with van der Waals surface area (Å²) in [6, 6.07) is 0. The summed E-state index contributed by atoms with van der Waals surface area (Å²) in [4.78, 5) is 9.90. The van der Waals surface area contributed by atoms with Gasteiger partial charge in [0, 0.05) is 0 Å². The number of hydrogen-bond acceptors (Lipinski definition) is 17. The van der Waals surface area contributed by atoms with Crippen LogP contribution in [0.3, 0.4) is 0 Å². The Labute approximate surface area is 198 Å². The molecule has 208 valence electrons. The van der Waals surface area contributed by atoms with Crippen LogP contribution in [0.25, 0.3) is 0 Å². The average molecular weight is 522 g/mol. The van der Waals surface area contributed by atoms with Crippen molar-refractivity contribution in [2.75, 3.05) is 19.8 Å². The molecule has 2 fully saturated rings. The fraction of sp³-hybridized carbons (Fsp3) is 0.944. The summed E-state index contributed by atoms with van der Waals surface area (Å²) < 4.78 is 15.1. The number of aliphatic hydroxyl groups excluding tert-OH is 13. The van der Waals surface area contributed by atoms with Crippen LogP contribution >= 0.6 is 0 Å². The summed E-state index contributed by atoms with van der Waals surface area (Å²) in [6.07, 6.45) is -22.1. The molecule has 2 aliphatic rings. The van der Waals surface area contributed by atoms with Gasteiger partial charge in [-0.05, 0) is 0 Å². The topological polar surface area (TPSA) is 308 Å². The third-order valence-corrected chi connectivity index (χ3v) is 5.38. The highest BCUT2D eigenvalue weighted by molar-refractivity contribution is 5.56. The lowest BCUT2D eigenvalue weighted by atomic mass is 9.98. The van der Waals surface area contributed by atoms with Crippen molar-refractivity contribution in [2.24, 2.45) is 0 Å². The van der Waals surface area contributed by atoms with E-state index in [-0.39, 0.29) is 6.29 Å². The third kappa shape index (κ3) is 8.27. The fourth-order valence-corrected chi connectivity index (χ4v) is 3.08. The van der Waals surface area contributed by atoms with Crippen LogP contribution in [0.15, 0.2) is 0 Å². The molecule has 13 N–H and O–H groups in total. The zero-order valence-corrected chi connectivity index (χ0v) is 18.2. The van der Waals surface area contributed by atoms with Crippen molar-refractivity contribution in [2.45, 2.75) is 85.8 Å². The summed E-state index contributed by atoms with van der Waals surface area (Å²) in [5, 5.41) is 120. The van der Waals surface area contributed by atoms with Crippen LogP contribution in [0.5, 0.6) is 0 Å². The van der Waals surface area contributed by atoms with Gasteiger partial charge in [-0.1, -0.05) is 0 Å². The van der Waals surface area contributed by atoms with Gasteiger partial charge in [0.05, 0.1) is 19.8 Å². The number of aldehydes is 1. The zero-order chi connectivity index (χ0) is 27.0. The Morgan fingerprint density at radius 3 is 1.77 bits per heavy atom. The molecule has 0 unspecified atom stereocenters. The van der Waals surface area contributed by atoms with E-state index in [1.807, 2.05) is 0 Å². The van der Waals surface area contributed by atoms with Gasteiger partial charge in [0.1, 0.15) is 73.2 Å². The van der Waals surface area contributed by atoms with Gasteiger partial charge >= 0.3 is 0 Å². The molecule has 35 heavy (non-hydrogen) atoms. The van der Waals surface area contributed by atoms with Crippen molar-refractivity contribution in [3.8, 4) is 0 Å². The van der Waals surface area contributed by atoms with Gasteiger partial charge in [0.2, 0.25) is 0 Å². The highest BCUT2D eigenvalue weighted by Crippen LogP contribution is 2.24. The fourth-order valence-electron chi connectivity index (χ4n) is 3.08. The lowest BCUT2D eigenvalue weighted by molar-refractivity contribution is -0.325. The first-order valence-electron chi connectivity index (χ1n) is 10.4. The van der Waals surface area contributed by atoms with Crippen molar-refractivity contribution in [3.63, 3.8) is 0 Å². The number of hydrogen-bond donors (Lipinski definition) is 13. The Balaban J connectivity index is 0.000000434. The molecule has 0 saturated carbocycles. The molecule has 0 bridgehead atoms. The Kier molecular flexibility index (Phi) is 13.5. The van der Waals surface area contributed by atoms with Crippen molar-refractivity contribution < 1.29 is 85.4 Å². The molecule has 0 amide bonds. The standard InChI is InChI=1S/C12H22O11.C6H12O6/c13-1-3-5(14)8(17)10(19)12(23-3)21-2-4-6(15)7(16)9(18)11(20)22-4;7-1-3(9)5(11)6(12)4(10)2-8/h3-20H,1-2H2;1,3-6,8-12H,2H2/t3-,4-,5-,6-,7+,8+,9-,10-,11-,12-;3-,4+,5+,6-/m10/s1. The van der Waals surface area contributed by atoms with E-state index < -0.39 is 106 Å². The van der Waals surface area contributed by atoms with E-state index in [9.17, 15) is 40.5 Å². The molecule has 2 aliphatic heterocycles. The van der Waals surface area contributed by atoms with Gasteiger partial charge in [-0.2, -0.15) is 0 Å². The Hall–Kier alpha value is -0.970. The van der Waals surface area contributed by atoms with Crippen LogP contribution in [0.1, 0.15) is 0 Å². The largest absolute Gasteiger partial charge is 0.394 e. The first-order chi connectivity index (χ1) is 16.3. The molecule has 14 atom stereocenters. The Morgan fingerprint density at radius 2 is 1.26 bits per heavy atom. The maximum Gasteiger partial charge on any atom is 0.186 e. The van der Waals surface area contributed by atoms with Crippen LogP contribution in [-0.2, 0) is 19.0 Å². The number of carbonyl (C=O) groups is 1. The molecule has 0 aromatic heterocycles. The van der Waals surface area contributed by atoms with Crippen LogP contribution in [0.2, 0.25) is 0 Å². The summed E-state index contributed by atoms with van der Waals surface area (Å²) in [5.74, 6) is 0. The molecule has 0 aromatic rings. The van der Waals surface area contributed by atoms with E-state index in [1.54, 1.807) is 0 Å². The molecular formula is C18H34O17. The number of carbonyl (C=O) groups excluding carboxylic acids is 1. The first-order valence-corrected chi connectivity index (χ1v) is 10.4. The van der Waals surface area contributed by atoms with Crippen molar-refractivity contribution in [1.82, 2.24) is 0 Å². The minimum atomic E-state index is -1.79. The molecule has 0 radical (unpaired) electrons. The molecule has 2 rings (SSSR count). The summed E-state index contributed by atoms with van der Waals surface area (Å²) in [5.41, 5.74) is 0. The second kappa shape index (κ2) is 14.7. The first kappa shape index (κ1) is 32.1. The van der Waals surface area contributed by atoms with Crippen molar-refractivity contribution in [3.05, 3.63) is 0 Å². The smallest absolute Gasteiger partial charge is 0.186 e. The highest BCUT2D eigenvalue weighted by Gasteiger charge is 2.46. The van der Waals surface area contributed by atoms with Gasteiger partial charge in [0.15, 0.2) is 18.9 Å². The van der Waals surface area contributed by atoms with Crippen LogP contribution in [-0.4, -0.2) is 178 Å². The normalized spacial score (nSPS) is 41.2. The van der Waals surface area contributed by atoms with E-state index in [0.29, 0.717) is 0 Å². The molecule has 0 aliphatic carbocycles. The SMILES string of the molecule is O=C[C@H](O)[C@@H](O)[C@@H](O)[C@H](O)CO.OC[C@H]1O[C@@H](OC[C@H]2O[C@@H](O)[C@H](O)[C@@H](O)[C@@H]2O)[C@H](O)[C@@H](O)[C@@H]1O. The van der Waals surface area contributed by atoms with Crippen LogP contribution < -0.4 is 0 Å². The predicted molar refractivity (Wildman–Crippen MR) is 106 cm³/mol. The van der Waals surface area contributed by atoms with Gasteiger partial charge in [-0.3, -0.25) is 0 Å². The maximum absolute atomic E-state index is 9.90. The lowest BCUT2D eigenvalue weighted by Gasteiger charge is -2.41. The quantitative estimate of drug-likeness (QED) is 0.125. The highest BCUT2D eigenvalue weighted by atomic mass is 16.7. The van der Waals surface area contributed by atoms with Crippen molar-refractivity contribution >= 4 is 6.29 Å². The Morgan fingerprint density at radius 1 is 0.714 bits per heavy atom. The molecule has 0 spiro atoms. The van der Waals surface area contributed by atoms with Gasteiger partial charge in [0.25, 0.3) is 0 Å². The van der Waals surface area contributed by atoms with Crippen LogP contribution in [0, 0.1) is 0 Å². The van der Waals surface area contributed by atoms with E-state index in [1.165, 1.54) is 0 Å².